The number of pyridine rings is 1. The molecule has 4 rings (SSSR count). The van der Waals surface area contributed by atoms with Crippen molar-refractivity contribution in [3.8, 4) is 22.9 Å². The molecule has 5 nitrogen and oxygen atoms in total. The van der Waals surface area contributed by atoms with Gasteiger partial charge in [0.25, 0.3) is 0 Å². The molecule has 0 saturated carbocycles. The smallest absolute Gasteiger partial charge is 0.322 e. The summed E-state index contributed by atoms with van der Waals surface area (Å²) in [5.74, 6) is -0.0308. The van der Waals surface area contributed by atoms with E-state index in [0.29, 0.717) is 11.4 Å². The third-order valence-corrected chi connectivity index (χ3v) is 6.93. The second-order valence-corrected chi connectivity index (χ2v) is 9.36. The van der Waals surface area contributed by atoms with Gasteiger partial charge in [-0.15, -0.1) is 11.3 Å². The van der Waals surface area contributed by atoms with Crippen LogP contribution in [0.1, 0.15) is 5.69 Å². The maximum absolute atomic E-state index is 14.7. The van der Waals surface area contributed by atoms with Crippen molar-refractivity contribution in [2.24, 2.45) is 0 Å². The van der Waals surface area contributed by atoms with Gasteiger partial charge >= 0.3 is 6.01 Å². The maximum Gasteiger partial charge on any atom is 0.322 e. The Morgan fingerprint density at radius 2 is 2.07 bits per heavy atom. The number of anilines is 1. The van der Waals surface area contributed by atoms with E-state index in [1.165, 1.54) is 6.07 Å². The van der Waals surface area contributed by atoms with Crippen LogP contribution >= 0.6 is 49.9 Å². The third kappa shape index (κ3) is 3.50. The van der Waals surface area contributed by atoms with Crippen molar-refractivity contribution < 1.29 is 9.13 Å². The molecule has 0 unspecified atom stereocenters. The molecule has 27 heavy (non-hydrogen) atoms. The number of benzene rings is 1. The van der Waals surface area contributed by atoms with Crippen molar-refractivity contribution >= 4 is 65.8 Å². The molecule has 9 heteroatoms. The summed E-state index contributed by atoms with van der Waals surface area (Å²) in [7, 11) is 0. The number of aryl methyl sites for hydroxylation is 1. The summed E-state index contributed by atoms with van der Waals surface area (Å²) in [4.78, 5) is 12.3. The highest BCUT2D eigenvalue weighted by Gasteiger charge is 2.19. The van der Waals surface area contributed by atoms with E-state index in [0.717, 1.165) is 28.7 Å². The Labute approximate surface area is 180 Å². The Morgan fingerprint density at radius 1 is 1.26 bits per heavy atom. The van der Waals surface area contributed by atoms with E-state index in [1.807, 2.05) is 6.92 Å². The quantitative estimate of drug-likeness (QED) is 0.316. The zero-order valence-corrected chi connectivity index (χ0v) is 18.4. The summed E-state index contributed by atoms with van der Waals surface area (Å²) < 4.78 is 23.0. The summed E-state index contributed by atoms with van der Waals surface area (Å²) in [5, 5.41) is 0.814. The third-order valence-electron chi connectivity index (χ3n) is 3.85. The van der Waals surface area contributed by atoms with E-state index in [2.05, 4.69) is 53.5 Å². The lowest BCUT2D eigenvalue weighted by Crippen LogP contribution is -1.95. The highest BCUT2D eigenvalue weighted by Crippen LogP contribution is 2.45. The Morgan fingerprint density at radius 3 is 2.81 bits per heavy atom. The molecule has 0 amide bonds. The molecule has 2 N–H and O–H groups in total. The van der Waals surface area contributed by atoms with E-state index >= 15 is 0 Å². The highest BCUT2D eigenvalue weighted by atomic mass is 127. The van der Waals surface area contributed by atoms with Crippen LogP contribution in [0.3, 0.4) is 0 Å². The Hall–Kier alpha value is -1.85. The average molecular weight is 557 g/mol. The molecular weight excluding hydrogens is 546 g/mol. The van der Waals surface area contributed by atoms with Crippen LogP contribution in [0.25, 0.3) is 21.2 Å². The molecule has 1 aromatic carbocycles. The standard InChI is InChI=1S/C18H11BrFIN4OS/c1-8-4-5-23-18(25-8)26-12-3-2-9(6-11(12)20)13-14-15(27-16(13)21)10(19)7-24-17(14)22/h2-7H,1H3,(H2,22,24). The van der Waals surface area contributed by atoms with Crippen LogP contribution in [0.5, 0.6) is 11.8 Å². The predicted molar refractivity (Wildman–Crippen MR) is 117 cm³/mol. The molecule has 0 radical (unpaired) electrons. The van der Waals surface area contributed by atoms with Crippen LogP contribution in [0.15, 0.2) is 41.1 Å². The second-order valence-electron chi connectivity index (χ2n) is 5.67. The number of nitrogen functional groups attached to an aromatic ring is 1. The number of fused-ring (bicyclic) bond motifs is 1. The summed E-state index contributed by atoms with van der Waals surface area (Å²) in [6.45, 7) is 1.81. The zero-order valence-electron chi connectivity index (χ0n) is 13.8. The molecule has 0 bridgehead atoms. The van der Waals surface area contributed by atoms with E-state index in [1.54, 1.807) is 41.9 Å². The van der Waals surface area contributed by atoms with Crippen molar-refractivity contribution in [1.82, 2.24) is 15.0 Å². The van der Waals surface area contributed by atoms with Gasteiger partial charge < -0.3 is 10.5 Å². The van der Waals surface area contributed by atoms with E-state index in [-0.39, 0.29) is 11.8 Å². The predicted octanol–water partition coefficient (Wildman–Crippen LogP) is 5.94. The largest absolute Gasteiger partial charge is 0.421 e. The van der Waals surface area contributed by atoms with Gasteiger partial charge in [-0.05, 0) is 69.2 Å². The van der Waals surface area contributed by atoms with Gasteiger partial charge in [-0.25, -0.2) is 19.3 Å². The topological polar surface area (TPSA) is 73.9 Å². The van der Waals surface area contributed by atoms with Crippen molar-refractivity contribution in [2.75, 3.05) is 5.73 Å². The Kier molecular flexibility index (Phi) is 4.99. The van der Waals surface area contributed by atoms with Crippen molar-refractivity contribution in [3.63, 3.8) is 0 Å². The molecule has 136 valence electrons. The minimum absolute atomic E-state index is 0.0613. The normalized spacial score (nSPS) is 11.1. The summed E-state index contributed by atoms with van der Waals surface area (Å²) in [6.07, 6.45) is 3.24. The number of ether oxygens (including phenoxy) is 1. The SMILES string of the molecule is Cc1ccnc(Oc2ccc(-c3c(I)sc4c(Br)cnc(N)c34)cc2F)n1. The van der Waals surface area contributed by atoms with Crippen molar-refractivity contribution in [1.29, 1.82) is 0 Å². The first-order valence-electron chi connectivity index (χ1n) is 7.73. The van der Waals surface area contributed by atoms with Gasteiger partial charge in [0.1, 0.15) is 5.82 Å². The molecule has 0 aliphatic heterocycles. The van der Waals surface area contributed by atoms with Crippen LogP contribution in [-0.4, -0.2) is 15.0 Å². The molecule has 0 fully saturated rings. The monoisotopic (exact) mass is 556 g/mol. The minimum atomic E-state index is -0.505. The molecule has 3 aromatic heterocycles. The van der Waals surface area contributed by atoms with Gasteiger partial charge in [0.2, 0.25) is 0 Å². The van der Waals surface area contributed by atoms with E-state index < -0.39 is 5.82 Å². The minimum Gasteiger partial charge on any atom is -0.421 e. The Balaban J connectivity index is 1.78. The number of nitrogens with two attached hydrogens (primary N) is 1. The summed E-state index contributed by atoms with van der Waals surface area (Å²) in [6, 6.07) is 6.63. The number of thiophene rings is 1. The number of hydrogen-bond donors (Lipinski definition) is 1. The molecule has 4 aromatic rings. The van der Waals surface area contributed by atoms with E-state index in [4.69, 9.17) is 10.5 Å². The average Bonchev–Trinajstić information content (AvgIpc) is 2.98. The summed E-state index contributed by atoms with van der Waals surface area (Å²) >= 11 is 7.31. The van der Waals surface area contributed by atoms with Crippen LogP contribution < -0.4 is 10.5 Å². The van der Waals surface area contributed by atoms with Gasteiger partial charge in [0.05, 0.1) is 12.1 Å². The van der Waals surface area contributed by atoms with Crippen molar-refractivity contribution in [3.05, 3.63) is 55.5 Å². The molecule has 0 aliphatic rings. The molecular formula is C18H11BrFIN4OS. The number of halogens is 3. The van der Waals surface area contributed by atoms with Crippen molar-refractivity contribution in [2.45, 2.75) is 6.92 Å². The lowest BCUT2D eigenvalue weighted by molar-refractivity contribution is 0.410. The first kappa shape index (κ1) is 18.5. The number of aromatic nitrogens is 3. The molecule has 0 aliphatic carbocycles. The zero-order chi connectivity index (χ0) is 19.1. The van der Waals surface area contributed by atoms with E-state index in [9.17, 15) is 4.39 Å². The van der Waals surface area contributed by atoms with Crippen LogP contribution in [0.2, 0.25) is 0 Å². The van der Waals surface area contributed by atoms with Crippen LogP contribution in [0, 0.1) is 15.6 Å². The fraction of sp³-hybridized carbons (Fsp3) is 0.0556. The number of nitrogens with zero attached hydrogens (tertiary/aromatic N) is 3. The summed E-state index contributed by atoms with van der Waals surface area (Å²) in [5.41, 5.74) is 8.40. The second kappa shape index (κ2) is 7.28. The number of rotatable bonds is 3. The first-order valence-corrected chi connectivity index (χ1v) is 10.4. The maximum atomic E-state index is 14.7. The highest BCUT2D eigenvalue weighted by molar-refractivity contribution is 14.1. The van der Waals surface area contributed by atoms with Crippen LogP contribution in [0.4, 0.5) is 10.2 Å². The fourth-order valence-electron chi connectivity index (χ4n) is 2.64. The van der Waals surface area contributed by atoms with Crippen LogP contribution in [-0.2, 0) is 0 Å². The fourth-order valence-corrected chi connectivity index (χ4v) is 5.38. The lowest BCUT2D eigenvalue weighted by Gasteiger charge is -2.08. The van der Waals surface area contributed by atoms with Gasteiger partial charge in [-0.3, -0.25) is 0 Å². The Bertz CT molecular complexity index is 1180. The molecule has 3 heterocycles. The van der Waals surface area contributed by atoms with Gasteiger partial charge in [-0.2, -0.15) is 0 Å². The van der Waals surface area contributed by atoms with Gasteiger partial charge in [0.15, 0.2) is 11.6 Å². The number of hydrogen-bond acceptors (Lipinski definition) is 6. The lowest BCUT2D eigenvalue weighted by atomic mass is 10.0. The molecule has 0 spiro atoms. The first-order chi connectivity index (χ1) is 12.9. The van der Waals surface area contributed by atoms with Gasteiger partial charge in [-0.1, -0.05) is 6.07 Å². The van der Waals surface area contributed by atoms with Gasteiger partial charge in [0, 0.05) is 29.0 Å². The molecule has 0 atom stereocenters. The molecule has 0 saturated heterocycles.